The summed E-state index contributed by atoms with van der Waals surface area (Å²) in [4.78, 5) is 10.1. The predicted molar refractivity (Wildman–Crippen MR) is 84.7 cm³/mol. The minimum atomic E-state index is -3.76. The highest BCUT2D eigenvalue weighted by Crippen LogP contribution is 2.20. The minimum Gasteiger partial charge on any atom is -0.258 e. The summed E-state index contributed by atoms with van der Waals surface area (Å²) >= 11 is 0. The van der Waals surface area contributed by atoms with Crippen molar-refractivity contribution in [3.05, 3.63) is 47.0 Å². The number of benzene rings is 1. The molecule has 6 nitrogen and oxygen atoms in total. The Bertz CT molecular complexity index is 699. The van der Waals surface area contributed by atoms with E-state index in [1.807, 2.05) is 6.92 Å². The molecule has 0 fully saturated rings. The van der Waals surface area contributed by atoms with Gasteiger partial charge >= 0.3 is 0 Å². The highest BCUT2D eigenvalue weighted by molar-refractivity contribution is 7.89. The normalized spacial score (nSPS) is 12.3. The maximum absolute atomic E-state index is 12.6. The van der Waals surface area contributed by atoms with Gasteiger partial charge in [0.2, 0.25) is 10.0 Å². The molecule has 0 aliphatic heterocycles. The van der Waals surface area contributed by atoms with E-state index < -0.39 is 14.9 Å². The summed E-state index contributed by atoms with van der Waals surface area (Å²) in [5, 5.41) is 10.6. The fraction of sp³-hybridized carbons (Fsp3) is 0.333. The molecule has 7 heteroatoms. The average molecular weight is 322 g/mol. The summed E-state index contributed by atoms with van der Waals surface area (Å²) in [6.45, 7) is 7.44. The van der Waals surface area contributed by atoms with Crippen LogP contribution >= 0.6 is 0 Å². The van der Waals surface area contributed by atoms with Crippen molar-refractivity contribution < 1.29 is 13.3 Å². The van der Waals surface area contributed by atoms with Crippen LogP contribution in [0.4, 0.5) is 5.69 Å². The number of nitrogens with zero attached hydrogens (tertiary/aromatic N) is 2. The standard InChI is InChI=1S/C15H18N2O4S/c1-4-6-11-16(12-13(3)5-2)22(20,21)15-9-7-14(8-10-15)17(18)19/h5,7-10,13H,2,11-12H2,1,3H3/t13-/m1/s1. The van der Waals surface area contributed by atoms with Crippen LogP contribution in [0, 0.1) is 27.9 Å². The molecule has 1 rings (SSSR count). The zero-order chi connectivity index (χ0) is 16.8. The van der Waals surface area contributed by atoms with E-state index in [2.05, 4.69) is 18.4 Å². The van der Waals surface area contributed by atoms with Crippen molar-refractivity contribution >= 4 is 15.7 Å². The largest absolute Gasteiger partial charge is 0.269 e. The van der Waals surface area contributed by atoms with Crippen molar-refractivity contribution in [1.82, 2.24) is 4.31 Å². The van der Waals surface area contributed by atoms with E-state index in [9.17, 15) is 18.5 Å². The topological polar surface area (TPSA) is 80.5 Å². The summed E-state index contributed by atoms with van der Waals surface area (Å²) in [5.41, 5.74) is -0.154. The Hall–Kier alpha value is -2.17. The van der Waals surface area contributed by atoms with E-state index in [0.29, 0.717) is 0 Å². The molecule has 1 atom stereocenters. The zero-order valence-electron chi connectivity index (χ0n) is 12.5. The second kappa shape index (κ2) is 7.73. The van der Waals surface area contributed by atoms with E-state index in [1.165, 1.54) is 28.6 Å². The van der Waals surface area contributed by atoms with Crippen LogP contribution in [-0.2, 0) is 10.0 Å². The van der Waals surface area contributed by atoms with Crippen LogP contribution < -0.4 is 0 Å². The van der Waals surface area contributed by atoms with Gasteiger partial charge in [-0.3, -0.25) is 10.1 Å². The van der Waals surface area contributed by atoms with Gasteiger partial charge in [0, 0.05) is 18.7 Å². The lowest BCUT2D eigenvalue weighted by molar-refractivity contribution is -0.384. The Morgan fingerprint density at radius 2 is 2.00 bits per heavy atom. The van der Waals surface area contributed by atoms with Crippen LogP contribution in [0.5, 0.6) is 0 Å². The van der Waals surface area contributed by atoms with Crippen molar-refractivity contribution in [3.8, 4) is 11.8 Å². The van der Waals surface area contributed by atoms with Gasteiger partial charge in [0.1, 0.15) is 0 Å². The molecule has 0 N–H and O–H groups in total. The second-order valence-corrected chi connectivity index (χ2v) is 6.63. The lowest BCUT2D eigenvalue weighted by Gasteiger charge is -2.22. The lowest BCUT2D eigenvalue weighted by Crippen LogP contribution is -2.34. The maximum atomic E-state index is 12.6. The monoisotopic (exact) mass is 322 g/mol. The molecule has 0 aromatic heterocycles. The number of sulfonamides is 1. The predicted octanol–water partition coefficient (Wildman–Crippen LogP) is 2.43. The van der Waals surface area contributed by atoms with Gasteiger partial charge in [-0.25, -0.2) is 8.42 Å². The third kappa shape index (κ3) is 4.41. The van der Waals surface area contributed by atoms with Gasteiger partial charge in [-0.15, -0.1) is 12.5 Å². The Labute approximate surface area is 130 Å². The Morgan fingerprint density at radius 1 is 1.41 bits per heavy atom. The molecular weight excluding hydrogens is 304 g/mol. The Morgan fingerprint density at radius 3 is 2.45 bits per heavy atom. The molecule has 22 heavy (non-hydrogen) atoms. The van der Waals surface area contributed by atoms with E-state index >= 15 is 0 Å². The van der Waals surface area contributed by atoms with Crippen molar-refractivity contribution in [1.29, 1.82) is 0 Å². The van der Waals surface area contributed by atoms with Crippen molar-refractivity contribution in [2.24, 2.45) is 5.92 Å². The Balaban J connectivity index is 3.15. The molecule has 0 unspecified atom stereocenters. The SMILES string of the molecule is C=C[C@@H](C)CN(CC#CC)S(=O)(=O)c1ccc([N+](=O)[O-])cc1. The van der Waals surface area contributed by atoms with Crippen LogP contribution in [0.1, 0.15) is 13.8 Å². The van der Waals surface area contributed by atoms with Crippen molar-refractivity contribution in [2.45, 2.75) is 18.7 Å². The van der Waals surface area contributed by atoms with E-state index in [1.54, 1.807) is 13.0 Å². The first-order valence-electron chi connectivity index (χ1n) is 6.59. The second-order valence-electron chi connectivity index (χ2n) is 4.69. The van der Waals surface area contributed by atoms with E-state index in [-0.39, 0.29) is 29.6 Å². The van der Waals surface area contributed by atoms with Crippen molar-refractivity contribution in [2.75, 3.05) is 13.1 Å². The third-order valence-corrected chi connectivity index (χ3v) is 4.84. The number of hydrogen-bond acceptors (Lipinski definition) is 4. The molecule has 0 saturated carbocycles. The zero-order valence-corrected chi connectivity index (χ0v) is 13.3. The summed E-state index contributed by atoms with van der Waals surface area (Å²) in [6.07, 6.45) is 1.66. The summed E-state index contributed by atoms with van der Waals surface area (Å²) in [5.74, 6) is 5.37. The van der Waals surface area contributed by atoms with E-state index in [0.717, 1.165) is 0 Å². The molecule has 0 aliphatic carbocycles. The summed E-state index contributed by atoms with van der Waals surface area (Å²) in [6, 6.07) is 4.82. The first kappa shape index (κ1) is 17.9. The van der Waals surface area contributed by atoms with E-state index in [4.69, 9.17) is 0 Å². The van der Waals surface area contributed by atoms with Gasteiger partial charge in [-0.05, 0) is 25.0 Å². The number of rotatable bonds is 7. The molecule has 0 aliphatic rings. The fourth-order valence-electron chi connectivity index (χ4n) is 1.70. The molecule has 118 valence electrons. The summed E-state index contributed by atoms with van der Waals surface area (Å²) in [7, 11) is -3.76. The van der Waals surface area contributed by atoms with Crippen molar-refractivity contribution in [3.63, 3.8) is 0 Å². The quantitative estimate of drug-likeness (QED) is 0.334. The number of hydrogen-bond donors (Lipinski definition) is 0. The molecule has 0 spiro atoms. The minimum absolute atomic E-state index is 0.00673. The number of non-ortho nitro benzene ring substituents is 1. The van der Waals surface area contributed by atoms with Gasteiger partial charge in [-0.1, -0.05) is 18.9 Å². The highest BCUT2D eigenvalue weighted by Gasteiger charge is 2.25. The van der Waals surface area contributed by atoms with Crippen LogP contribution in [-0.4, -0.2) is 30.7 Å². The van der Waals surface area contributed by atoms with Gasteiger partial charge in [-0.2, -0.15) is 4.31 Å². The molecular formula is C15H18N2O4S. The molecule has 0 radical (unpaired) electrons. The molecule has 0 amide bonds. The van der Waals surface area contributed by atoms with Crippen LogP contribution in [0.25, 0.3) is 0 Å². The van der Waals surface area contributed by atoms with Crippen LogP contribution in [0.15, 0.2) is 41.8 Å². The Kier molecular flexibility index (Phi) is 6.28. The average Bonchev–Trinajstić information content (AvgIpc) is 2.50. The third-order valence-electron chi connectivity index (χ3n) is 3.01. The number of nitro benzene ring substituents is 1. The van der Waals surface area contributed by atoms with Crippen LogP contribution in [0.3, 0.4) is 0 Å². The molecule has 0 heterocycles. The smallest absolute Gasteiger partial charge is 0.258 e. The molecule has 0 saturated heterocycles. The van der Waals surface area contributed by atoms with Gasteiger partial charge in [0.15, 0.2) is 0 Å². The van der Waals surface area contributed by atoms with Crippen LogP contribution in [0.2, 0.25) is 0 Å². The maximum Gasteiger partial charge on any atom is 0.269 e. The molecule has 1 aromatic carbocycles. The first-order valence-corrected chi connectivity index (χ1v) is 8.03. The summed E-state index contributed by atoms with van der Waals surface area (Å²) < 4.78 is 26.5. The highest BCUT2D eigenvalue weighted by atomic mass is 32.2. The number of nitro groups is 1. The fourth-order valence-corrected chi connectivity index (χ4v) is 3.14. The lowest BCUT2D eigenvalue weighted by atomic mass is 10.2. The van der Waals surface area contributed by atoms with Gasteiger partial charge in [0.25, 0.3) is 5.69 Å². The molecule has 1 aromatic rings. The van der Waals surface area contributed by atoms with Gasteiger partial charge < -0.3 is 0 Å². The van der Waals surface area contributed by atoms with Gasteiger partial charge in [0.05, 0.1) is 16.4 Å². The first-order chi connectivity index (χ1) is 10.3. The molecule has 0 bridgehead atoms.